The highest BCUT2D eigenvalue weighted by Crippen LogP contribution is 2.27. The Balaban J connectivity index is 2.28. The van der Waals surface area contributed by atoms with E-state index >= 15 is 0 Å². The van der Waals surface area contributed by atoms with Gasteiger partial charge in [0.2, 0.25) is 0 Å². The topological polar surface area (TPSA) is 60.1 Å². The highest BCUT2D eigenvalue weighted by molar-refractivity contribution is 7.80. The van der Waals surface area contributed by atoms with Crippen LogP contribution < -0.4 is 20.2 Å². The lowest BCUT2D eigenvalue weighted by atomic mass is 10.2. The van der Waals surface area contributed by atoms with Crippen molar-refractivity contribution in [2.24, 2.45) is 10.8 Å². The van der Waals surface area contributed by atoms with E-state index in [-0.39, 0.29) is 10.9 Å². The molecule has 0 unspecified atom stereocenters. The van der Waals surface area contributed by atoms with Crippen molar-refractivity contribution < 1.29 is 13.9 Å². The SMILES string of the molecule is COc1ccc(/C=N/N(C(N)=S)c2ccc(F)cc2)cc1OC. The third kappa shape index (κ3) is 4.17. The fraction of sp³-hybridized carbons (Fsp3) is 0.125. The molecule has 2 aromatic rings. The van der Waals surface area contributed by atoms with Crippen molar-refractivity contribution in [3.05, 3.63) is 53.8 Å². The first-order chi connectivity index (χ1) is 11.0. The third-order valence-electron chi connectivity index (χ3n) is 3.01. The number of rotatable bonds is 5. The fourth-order valence-electron chi connectivity index (χ4n) is 1.89. The summed E-state index contributed by atoms with van der Waals surface area (Å²) in [7, 11) is 3.12. The Morgan fingerprint density at radius 3 is 2.35 bits per heavy atom. The molecule has 0 aromatic heterocycles. The first kappa shape index (κ1) is 16.7. The van der Waals surface area contributed by atoms with Crippen molar-refractivity contribution >= 4 is 29.2 Å². The number of hydrogen-bond acceptors (Lipinski definition) is 4. The number of ether oxygens (including phenoxy) is 2. The zero-order valence-corrected chi connectivity index (χ0v) is 13.5. The van der Waals surface area contributed by atoms with Crippen LogP contribution in [0.2, 0.25) is 0 Å². The molecule has 5 nitrogen and oxygen atoms in total. The smallest absolute Gasteiger partial charge is 0.191 e. The number of anilines is 1. The average Bonchev–Trinajstić information content (AvgIpc) is 2.56. The minimum Gasteiger partial charge on any atom is -0.493 e. The van der Waals surface area contributed by atoms with Crippen molar-refractivity contribution in [2.75, 3.05) is 19.2 Å². The molecule has 2 N–H and O–H groups in total. The maximum atomic E-state index is 13.0. The first-order valence-electron chi connectivity index (χ1n) is 6.66. The van der Waals surface area contributed by atoms with Gasteiger partial charge < -0.3 is 15.2 Å². The molecule has 0 aliphatic carbocycles. The lowest BCUT2D eigenvalue weighted by molar-refractivity contribution is 0.355. The molecule has 0 bridgehead atoms. The monoisotopic (exact) mass is 333 g/mol. The Hall–Kier alpha value is -2.67. The summed E-state index contributed by atoms with van der Waals surface area (Å²) in [6, 6.07) is 11.1. The Morgan fingerprint density at radius 2 is 1.78 bits per heavy atom. The van der Waals surface area contributed by atoms with Gasteiger partial charge in [0.05, 0.1) is 26.1 Å². The lowest BCUT2D eigenvalue weighted by Gasteiger charge is -2.16. The van der Waals surface area contributed by atoms with E-state index in [2.05, 4.69) is 5.10 Å². The van der Waals surface area contributed by atoms with Gasteiger partial charge in [0.15, 0.2) is 16.6 Å². The predicted molar refractivity (Wildman–Crippen MR) is 92.8 cm³/mol. The maximum absolute atomic E-state index is 13.0. The van der Waals surface area contributed by atoms with Gasteiger partial charge in [-0.1, -0.05) is 0 Å². The normalized spacial score (nSPS) is 10.6. The van der Waals surface area contributed by atoms with Gasteiger partial charge in [0.25, 0.3) is 0 Å². The molecule has 0 aliphatic rings. The second kappa shape index (κ2) is 7.55. The van der Waals surface area contributed by atoms with Crippen LogP contribution in [0, 0.1) is 5.82 Å². The zero-order valence-electron chi connectivity index (χ0n) is 12.7. The van der Waals surface area contributed by atoms with Gasteiger partial charge in [-0.25, -0.2) is 9.40 Å². The van der Waals surface area contributed by atoms with E-state index < -0.39 is 0 Å². The van der Waals surface area contributed by atoms with E-state index in [4.69, 9.17) is 27.4 Å². The third-order valence-corrected chi connectivity index (χ3v) is 3.18. The molecule has 0 fully saturated rings. The zero-order chi connectivity index (χ0) is 16.8. The molecule has 0 heterocycles. The van der Waals surface area contributed by atoms with Crippen LogP contribution >= 0.6 is 12.2 Å². The average molecular weight is 333 g/mol. The van der Waals surface area contributed by atoms with E-state index in [1.165, 1.54) is 17.1 Å². The second-order valence-electron chi connectivity index (χ2n) is 4.49. The molecule has 23 heavy (non-hydrogen) atoms. The van der Waals surface area contributed by atoms with E-state index in [1.54, 1.807) is 44.7 Å². The van der Waals surface area contributed by atoms with Gasteiger partial charge in [-0.05, 0) is 60.2 Å². The molecule has 0 saturated heterocycles. The number of nitrogens with zero attached hydrogens (tertiary/aromatic N) is 2. The minimum absolute atomic E-state index is 0.0494. The molecule has 0 spiro atoms. The van der Waals surface area contributed by atoms with Crippen LogP contribution in [-0.2, 0) is 0 Å². The summed E-state index contributed by atoms with van der Waals surface area (Å²) >= 11 is 4.99. The predicted octanol–water partition coefficient (Wildman–Crippen LogP) is 2.93. The molecule has 120 valence electrons. The van der Waals surface area contributed by atoms with Gasteiger partial charge in [-0.3, -0.25) is 0 Å². The molecule has 2 aromatic carbocycles. The maximum Gasteiger partial charge on any atom is 0.191 e. The van der Waals surface area contributed by atoms with Crippen LogP contribution in [0.25, 0.3) is 0 Å². The number of halogens is 1. The molecular formula is C16H16FN3O2S. The molecule has 7 heteroatoms. The van der Waals surface area contributed by atoms with Crippen molar-refractivity contribution in [2.45, 2.75) is 0 Å². The number of hydrogen-bond donors (Lipinski definition) is 1. The molecule has 0 atom stereocenters. The number of hydrazone groups is 1. The quantitative estimate of drug-likeness (QED) is 0.518. The van der Waals surface area contributed by atoms with E-state index in [0.29, 0.717) is 17.2 Å². The minimum atomic E-state index is -0.347. The summed E-state index contributed by atoms with van der Waals surface area (Å²) < 4.78 is 23.4. The Labute approximate surface area is 139 Å². The van der Waals surface area contributed by atoms with E-state index in [0.717, 1.165) is 5.56 Å². The van der Waals surface area contributed by atoms with Crippen molar-refractivity contribution in [1.29, 1.82) is 0 Å². The lowest BCUT2D eigenvalue weighted by Crippen LogP contribution is -2.30. The Kier molecular flexibility index (Phi) is 5.48. The molecule has 2 rings (SSSR count). The summed E-state index contributed by atoms with van der Waals surface area (Å²) in [5, 5.41) is 5.64. The first-order valence-corrected chi connectivity index (χ1v) is 7.07. The van der Waals surface area contributed by atoms with Gasteiger partial charge in [-0.2, -0.15) is 5.10 Å². The summed E-state index contributed by atoms with van der Waals surface area (Å²) in [6.45, 7) is 0. The number of methoxy groups -OCH3 is 2. The summed E-state index contributed by atoms with van der Waals surface area (Å²) in [5.41, 5.74) is 7.01. The van der Waals surface area contributed by atoms with Crippen LogP contribution in [0.1, 0.15) is 5.56 Å². The summed E-state index contributed by atoms with van der Waals surface area (Å²) in [4.78, 5) is 0. The Bertz CT molecular complexity index is 720. The Morgan fingerprint density at radius 1 is 1.13 bits per heavy atom. The number of nitrogens with two attached hydrogens (primary N) is 1. The second-order valence-corrected chi connectivity index (χ2v) is 4.90. The summed E-state index contributed by atoms with van der Waals surface area (Å²) in [6.07, 6.45) is 1.57. The van der Waals surface area contributed by atoms with Crippen molar-refractivity contribution in [3.8, 4) is 11.5 Å². The summed E-state index contributed by atoms with van der Waals surface area (Å²) in [5.74, 6) is 0.856. The number of benzene rings is 2. The molecular weight excluding hydrogens is 317 g/mol. The highest BCUT2D eigenvalue weighted by Gasteiger charge is 2.08. The standard InChI is InChI=1S/C16H16FN3O2S/c1-21-14-8-3-11(9-15(14)22-2)10-19-20(16(18)23)13-6-4-12(17)5-7-13/h3-10H,1-2H3,(H2,18,23)/b19-10+. The fourth-order valence-corrected chi connectivity index (χ4v) is 2.04. The molecule has 0 saturated carbocycles. The van der Waals surface area contributed by atoms with Crippen molar-refractivity contribution in [1.82, 2.24) is 0 Å². The van der Waals surface area contributed by atoms with Gasteiger partial charge in [0, 0.05) is 0 Å². The van der Waals surface area contributed by atoms with Crippen LogP contribution in [0.15, 0.2) is 47.6 Å². The molecule has 0 aliphatic heterocycles. The van der Waals surface area contributed by atoms with E-state index in [9.17, 15) is 4.39 Å². The van der Waals surface area contributed by atoms with Gasteiger partial charge in [-0.15, -0.1) is 0 Å². The largest absolute Gasteiger partial charge is 0.493 e. The van der Waals surface area contributed by atoms with Gasteiger partial charge >= 0.3 is 0 Å². The van der Waals surface area contributed by atoms with E-state index in [1.807, 2.05) is 6.07 Å². The molecule has 0 amide bonds. The highest BCUT2D eigenvalue weighted by atomic mass is 32.1. The van der Waals surface area contributed by atoms with Gasteiger partial charge in [0.1, 0.15) is 5.82 Å². The number of thiocarbonyl (C=S) groups is 1. The van der Waals surface area contributed by atoms with Crippen LogP contribution in [0.5, 0.6) is 11.5 Å². The van der Waals surface area contributed by atoms with Crippen LogP contribution in [0.3, 0.4) is 0 Å². The van der Waals surface area contributed by atoms with Crippen LogP contribution in [0.4, 0.5) is 10.1 Å². The van der Waals surface area contributed by atoms with Crippen LogP contribution in [-0.4, -0.2) is 25.5 Å². The van der Waals surface area contributed by atoms with Crippen molar-refractivity contribution in [3.63, 3.8) is 0 Å². The molecule has 0 radical (unpaired) electrons.